The summed E-state index contributed by atoms with van der Waals surface area (Å²) in [5.41, 5.74) is 6.19. The number of carbonyl (C=O) groups excluding carboxylic acids is 3. The first kappa shape index (κ1) is 34.1. The third-order valence-electron chi connectivity index (χ3n) is 9.55. The first-order chi connectivity index (χ1) is 25.5. The van der Waals surface area contributed by atoms with E-state index in [0.29, 0.717) is 24.1 Å². The fourth-order valence-electron chi connectivity index (χ4n) is 7.11. The highest BCUT2D eigenvalue weighted by Gasteiger charge is 2.38. The summed E-state index contributed by atoms with van der Waals surface area (Å²) >= 11 is 0. The van der Waals surface area contributed by atoms with Gasteiger partial charge in [0.05, 0.1) is 37.6 Å². The molecule has 6 aromatic rings. The molecule has 1 atom stereocenters. The zero-order valence-corrected chi connectivity index (χ0v) is 28.9. The third-order valence-corrected chi connectivity index (χ3v) is 9.55. The summed E-state index contributed by atoms with van der Waals surface area (Å²) in [5, 5.41) is 2.92. The predicted octanol–water partition coefficient (Wildman–Crippen LogP) is 6.59. The van der Waals surface area contributed by atoms with Crippen molar-refractivity contribution in [2.45, 2.75) is 31.3 Å². The molecule has 0 unspecified atom stereocenters. The molecule has 0 saturated carbocycles. The van der Waals surface area contributed by atoms with E-state index >= 15 is 0 Å². The van der Waals surface area contributed by atoms with Crippen LogP contribution in [0, 0.1) is 0 Å². The Hall–Kier alpha value is -6.35. The molecular weight excluding hydrogens is 651 g/mol. The van der Waals surface area contributed by atoms with Gasteiger partial charge in [-0.2, -0.15) is 0 Å². The number of fused-ring (bicyclic) bond motifs is 1. The normalized spacial score (nSPS) is 13.2. The molecule has 2 amide bonds. The zero-order valence-electron chi connectivity index (χ0n) is 28.9. The topological polar surface area (TPSA) is 106 Å². The van der Waals surface area contributed by atoms with Crippen molar-refractivity contribution in [2.24, 2.45) is 0 Å². The van der Waals surface area contributed by atoms with Crippen LogP contribution in [0.15, 0.2) is 146 Å². The molecule has 52 heavy (non-hydrogen) atoms. The molecule has 3 heterocycles. The SMILES string of the molecule is CCOC(=O)C[C@H](NC(=O)CN1CCc2ccc(-c3cn(C(c4ccccc4)(c4ccccc4)c4ccccc4)cn3)cc2C1=O)c1cccnc1. The molecule has 1 aliphatic rings. The van der Waals surface area contributed by atoms with Crippen molar-refractivity contribution in [3.8, 4) is 11.3 Å². The largest absolute Gasteiger partial charge is 0.466 e. The van der Waals surface area contributed by atoms with Crippen molar-refractivity contribution in [3.63, 3.8) is 0 Å². The quantitative estimate of drug-likeness (QED) is 0.115. The third kappa shape index (κ3) is 6.85. The number of esters is 1. The van der Waals surface area contributed by atoms with Gasteiger partial charge in [0, 0.05) is 36.3 Å². The van der Waals surface area contributed by atoms with Crippen LogP contribution in [-0.2, 0) is 26.3 Å². The summed E-state index contributed by atoms with van der Waals surface area (Å²) in [6, 6.07) is 39.9. The number of benzene rings is 4. The van der Waals surface area contributed by atoms with Crippen LogP contribution in [-0.4, -0.2) is 56.9 Å². The number of amides is 2. The van der Waals surface area contributed by atoms with E-state index in [1.807, 2.05) is 85.3 Å². The maximum absolute atomic E-state index is 13.9. The molecule has 2 aromatic heterocycles. The lowest BCUT2D eigenvalue weighted by atomic mass is 9.77. The summed E-state index contributed by atoms with van der Waals surface area (Å²) in [4.78, 5) is 50.2. The van der Waals surface area contributed by atoms with Crippen LogP contribution in [0.25, 0.3) is 11.3 Å². The molecule has 0 fully saturated rings. The molecule has 9 nitrogen and oxygen atoms in total. The fraction of sp³-hybridized carbons (Fsp3) is 0.186. The van der Waals surface area contributed by atoms with Gasteiger partial charge in [-0.25, -0.2) is 4.98 Å². The number of nitrogens with one attached hydrogen (secondary N) is 1. The van der Waals surface area contributed by atoms with Crippen LogP contribution in [0.4, 0.5) is 0 Å². The number of imidazole rings is 1. The van der Waals surface area contributed by atoms with E-state index in [2.05, 4.69) is 51.3 Å². The predicted molar refractivity (Wildman–Crippen MR) is 198 cm³/mol. The molecule has 0 radical (unpaired) electrons. The van der Waals surface area contributed by atoms with E-state index in [1.54, 1.807) is 36.4 Å². The Bertz CT molecular complexity index is 2060. The fourth-order valence-corrected chi connectivity index (χ4v) is 7.11. The van der Waals surface area contributed by atoms with E-state index in [9.17, 15) is 14.4 Å². The minimum absolute atomic E-state index is 0.0435. The Balaban J connectivity index is 1.17. The maximum Gasteiger partial charge on any atom is 0.308 e. The molecule has 260 valence electrons. The minimum Gasteiger partial charge on any atom is -0.466 e. The summed E-state index contributed by atoms with van der Waals surface area (Å²) in [7, 11) is 0. The van der Waals surface area contributed by atoms with Gasteiger partial charge in [0.25, 0.3) is 5.91 Å². The highest BCUT2D eigenvalue weighted by atomic mass is 16.5. The number of nitrogens with zero attached hydrogens (tertiary/aromatic N) is 4. The maximum atomic E-state index is 13.9. The van der Waals surface area contributed by atoms with Gasteiger partial charge in [-0.1, -0.05) is 109 Å². The first-order valence-corrected chi connectivity index (χ1v) is 17.5. The summed E-state index contributed by atoms with van der Waals surface area (Å²) in [6.07, 6.45) is 7.69. The summed E-state index contributed by atoms with van der Waals surface area (Å²) in [5.74, 6) is -1.03. The molecular formula is C43H39N5O4. The second kappa shape index (κ2) is 15.3. The van der Waals surface area contributed by atoms with Crippen molar-refractivity contribution in [2.75, 3.05) is 19.7 Å². The average molecular weight is 690 g/mol. The molecule has 1 aliphatic heterocycles. The summed E-state index contributed by atoms with van der Waals surface area (Å²) in [6.45, 7) is 2.23. The van der Waals surface area contributed by atoms with Gasteiger partial charge in [-0.15, -0.1) is 0 Å². The molecule has 0 saturated heterocycles. The van der Waals surface area contributed by atoms with E-state index in [0.717, 1.165) is 33.5 Å². The Kier molecular flexibility index (Phi) is 10.0. The van der Waals surface area contributed by atoms with Crippen LogP contribution < -0.4 is 5.32 Å². The second-order valence-electron chi connectivity index (χ2n) is 12.7. The molecule has 7 rings (SSSR count). The smallest absolute Gasteiger partial charge is 0.308 e. The second-order valence-corrected chi connectivity index (χ2v) is 12.7. The van der Waals surface area contributed by atoms with Crippen molar-refractivity contribution in [1.29, 1.82) is 0 Å². The lowest BCUT2D eigenvalue weighted by Gasteiger charge is -2.37. The van der Waals surface area contributed by atoms with Gasteiger partial charge in [-0.05, 0) is 53.3 Å². The van der Waals surface area contributed by atoms with E-state index in [4.69, 9.17) is 9.72 Å². The van der Waals surface area contributed by atoms with Gasteiger partial charge in [0.2, 0.25) is 5.91 Å². The van der Waals surface area contributed by atoms with Crippen LogP contribution in [0.3, 0.4) is 0 Å². The van der Waals surface area contributed by atoms with Crippen LogP contribution >= 0.6 is 0 Å². The van der Waals surface area contributed by atoms with Crippen molar-refractivity contribution < 1.29 is 19.1 Å². The number of aromatic nitrogens is 3. The number of ether oxygens (including phenoxy) is 1. The Labute approximate surface area is 302 Å². The minimum atomic E-state index is -0.718. The molecule has 0 aliphatic carbocycles. The summed E-state index contributed by atoms with van der Waals surface area (Å²) < 4.78 is 7.28. The lowest BCUT2D eigenvalue weighted by Crippen LogP contribution is -2.45. The Morgan fingerprint density at radius 3 is 2.12 bits per heavy atom. The van der Waals surface area contributed by atoms with Crippen molar-refractivity contribution in [3.05, 3.63) is 180 Å². The van der Waals surface area contributed by atoms with Crippen LogP contribution in [0.2, 0.25) is 0 Å². The van der Waals surface area contributed by atoms with Crippen LogP contribution in [0.1, 0.15) is 57.6 Å². The zero-order chi connectivity index (χ0) is 35.9. The molecule has 4 aromatic carbocycles. The van der Waals surface area contributed by atoms with E-state index in [1.165, 1.54) is 0 Å². The average Bonchev–Trinajstić information content (AvgIpc) is 3.68. The highest BCUT2D eigenvalue weighted by molar-refractivity contribution is 5.99. The van der Waals surface area contributed by atoms with Gasteiger partial charge < -0.3 is 19.5 Å². The monoisotopic (exact) mass is 689 g/mol. The molecule has 0 spiro atoms. The van der Waals surface area contributed by atoms with Gasteiger partial charge >= 0.3 is 5.97 Å². The highest BCUT2D eigenvalue weighted by Crippen LogP contribution is 2.41. The molecule has 1 N–H and O–H groups in total. The van der Waals surface area contributed by atoms with Gasteiger partial charge in [-0.3, -0.25) is 19.4 Å². The van der Waals surface area contributed by atoms with Gasteiger partial charge in [0.1, 0.15) is 5.54 Å². The number of pyridine rings is 1. The van der Waals surface area contributed by atoms with E-state index in [-0.39, 0.29) is 31.4 Å². The van der Waals surface area contributed by atoms with E-state index < -0.39 is 17.6 Å². The lowest BCUT2D eigenvalue weighted by molar-refractivity contribution is -0.143. The van der Waals surface area contributed by atoms with Crippen molar-refractivity contribution >= 4 is 17.8 Å². The molecule has 0 bridgehead atoms. The number of carbonyl (C=O) groups is 3. The number of hydrogen-bond acceptors (Lipinski definition) is 6. The standard InChI is InChI=1S/C43H39N5O4/c1-2-52-41(50)26-38(33-13-12-23-44-27-33)46-40(49)29-47-24-22-31-20-21-32(25-37(31)42(47)51)39-28-48(30-45-39)43(34-14-6-3-7-15-34,35-16-8-4-9-17-35)36-18-10-5-11-19-36/h3-21,23,25,27-28,30,38H,2,22,24,26,29H2,1H3,(H,46,49)/t38-/m0/s1. The van der Waals surface area contributed by atoms with Crippen LogP contribution in [0.5, 0.6) is 0 Å². The number of hydrogen-bond donors (Lipinski definition) is 1. The van der Waals surface area contributed by atoms with Gasteiger partial charge in [0.15, 0.2) is 0 Å². The molecule has 9 heteroatoms. The van der Waals surface area contributed by atoms with Crippen molar-refractivity contribution in [1.82, 2.24) is 24.8 Å². The Morgan fingerprint density at radius 2 is 1.52 bits per heavy atom. The Morgan fingerprint density at radius 1 is 0.865 bits per heavy atom. The number of rotatable bonds is 12. The first-order valence-electron chi connectivity index (χ1n) is 17.5.